The summed E-state index contributed by atoms with van der Waals surface area (Å²) in [5.41, 5.74) is 2.58. The van der Waals surface area contributed by atoms with Crippen molar-refractivity contribution in [3.63, 3.8) is 0 Å². The molecule has 2 aromatic carbocycles. The van der Waals surface area contributed by atoms with Gasteiger partial charge in [-0.1, -0.05) is 12.1 Å². The Kier molecular flexibility index (Phi) is 3.87. The Morgan fingerprint density at radius 2 is 1.82 bits per heavy atom. The number of hydrogen-bond acceptors (Lipinski definition) is 3. The summed E-state index contributed by atoms with van der Waals surface area (Å²) in [7, 11) is 0. The van der Waals surface area contributed by atoms with Gasteiger partial charge in [0.1, 0.15) is 5.75 Å². The molecule has 5 heteroatoms. The van der Waals surface area contributed by atoms with E-state index in [1.54, 1.807) is 36.8 Å². The number of imidazole rings is 1. The second kappa shape index (κ2) is 6.13. The van der Waals surface area contributed by atoms with E-state index in [2.05, 4.69) is 10.3 Å². The number of anilines is 1. The fourth-order valence-corrected chi connectivity index (χ4v) is 2.13. The van der Waals surface area contributed by atoms with E-state index in [1.165, 1.54) is 0 Å². The van der Waals surface area contributed by atoms with E-state index in [0.29, 0.717) is 0 Å². The molecular formula is C17H15N3O2. The molecule has 5 nitrogen and oxygen atoms in total. The van der Waals surface area contributed by atoms with Gasteiger partial charge in [-0.25, -0.2) is 4.98 Å². The predicted octanol–water partition coefficient (Wildman–Crippen LogP) is 2.76. The van der Waals surface area contributed by atoms with E-state index in [4.69, 9.17) is 0 Å². The van der Waals surface area contributed by atoms with Gasteiger partial charge in [0.05, 0.1) is 12.7 Å². The van der Waals surface area contributed by atoms with Gasteiger partial charge in [0, 0.05) is 23.8 Å². The van der Waals surface area contributed by atoms with Crippen LogP contribution in [-0.4, -0.2) is 20.6 Å². The number of rotatable bonds is 4. The van der Waals surface area contributed by atoms with Crippen molar-refractivity contribution in [1.82, 2.24) is 9.55 Å². The number of aromatic hydroxyl groups is 1. The van der Waals surface area contributed by atoms with Gasteiger partial charge in [0.25, 0.3) is 0 Å². The van der Waals surface area contributed by atoms with E-state index < -0.39 is 0 Å². The van der Waals surface area contributed by atoms with Crippen molar-refractivity contribution in [3.8, 4) is 11.4 Å². The Morgan fingerprint density at radius 3 is 2.45 bits per heavy atom. The Labute approximate surface area is 127 Å². The van der Waals surface area contributed by atoms with Crippen LogP contribution in [0.1, 0.15) is 5.56 Å². The number of nitrogens with one attached hydrogen (secondary N) is 1. The maximum atomic E-state index is 12.0. The Hall–Kier alpha value is -3.08. The number of phenolic OH excluding ortho intramolecular Hbond substituents is 1. The van der Waals surface area contributed by atoms with E-state index in [-0.39, 0.29) is 18.1 Å². The lowest BCUT2D eigenvalue weighted by molar-refractivity contribution is -0.115. The fourth-order valence-electron chi connectivity index (χ4n) is 2.13. The molecule has 0 spiro atoms. The first kappa shape index (κ1) is 13.9. The molecule has 1 amide bonds. The molecule has 3 aromatic rings. The van der Waals surface area contributed by atoms with Crippen LogP contribution in [0.2, 0.25) is 0 Å². The monoisotopic (exact) mass is 293 g/mol. The molecule has 0 saturated carbocycles. The first-order chi connectivity index (χ1) is 10.7. The average Bonchev–Trinajstić information content (AvgIpc) is 3.05. The molecule has 22 heavy (non-hydrogen) atoms. The van der Waals surface area contributed by atoms with Crippen molar-refractivity contribution in [2.24, 2.45) is 0 Å². The van der Waals surface area contributed by atoms with Gasteiger partial charge >= 0.3 is 0 Å². The van der Waals surface area contributed by atoms with E-state index in [1.807, 2.05) is 35.0 Å². The second-order valence-electron chi connectivity index (χ2n) is 4.91. The van der Waals surface area contributed by atoms with Gasteiger partial charge in [-0.15, -0.1) is 0 Å². The number of phenols is 1. The summed E-state index contributed by atoms with van der Waals surface area (Å²) in [6.45, 7) is 0. The minimum absolute atomic E-state index is 0.0962. The van der Waals surface area contributed by atoms with Crippen molar-refractivity contribution < 1.29 is 9.90 Å². The van der Waals surface area contributed by atoms with Gasteiger partial charge in [-0.05, 0) is 42.0 Å². The summed E-state index contributed by atoms with van der Waals surface area (Å²) < 4.78 is 1.89. The highest BCUT2D eigenvalue weighted by Crippen LogP contribution is 2.14. The van der Waals surface area contributed by atoms with Gasteiger partial charge in [-0.2, -0.15) is 0 Å². The van der Waals surface area contributed by atoms with Gasteiger partial charge in [0.2, 0.25) is 5.91 Å². The molecule has 0 aliphatic carbocycles. The quantitative estimate of drug-likeness (QED) is 0.777. The van der Waals surface area contributed by atoms with Gasteiger partial charge in [-0.3, -0.25) is 4.79 Å². The average molecular weight is 293 g/mol. The topological polar surface area (TPSA) is 67.2 Å². The third kappa shape index (κ3) is 3.32. The SMILES string of the molecule is O=C(Cc1ccc(O)cc1)Nc1ccc(-n2ccnc2)cc1. The maximum Gasteiger partial charge on any atom is 0.228 e. The standard InChI is InChI=1S/C17H15N3O2/c21-16-7-1-13(2-8-16)11-17(22)19-14-3-5-15(6-4-14)20-10-9-18-12-20/h1-10,12,21H,11H2,(H,19,22). The molecule has 1 heterocycles. The highest BCUT2D eigenvalue weighted by atomic mass is 16.3. The summed E-state index contributed by atoms with van der Waals surface area (Å²) >= 11 is 0. The minimum atomic E-state index is -0.0962. The summed E-state index contributed by atoms with van der Waals surface area (Å²) in [5, 5.41) is 12.1. The smallest absolute Gasteiger partial charge is 0.228 e. The summed E-state index contributed by atoms with van der Waals surface area (Å²) in [4.78, 5) is 16.0. The lowest BCUT2D eigenvalue weighted by Gasteiger charge is -2.07. The molecule has 0 atom stereocenters. The van der Waals surface area contributed by atoms with Crippen LogP contribution < -0.4 is 5.32 Å². The molecule has 0 unspecified atom stereocenters. The van der Waals surface area contributed by atoms with Crippen LogP contribution in [0.4, 0.5) is 5.69 Å². The van der Waals surface area contributed by atoms with E-state index >= 15 is 0 Å². The van der Waals surface area contributed by atoms with Crippen LogP contribution in [0.3, 0.4) is 0 Å². The Balaban J connectivity index is 1.63. The lowest BCUT2D eigenvalue weighted by atomic mass is 10.1. The molecule has 0 radical (unpaired) electrons. The predicted molar refractivity (Wildman–Crippen MR) is 84.0 cm³/mol. The molecule has 0 aliphatic rings. The zero-order chi connectivity index (χ0) is 15.4. The highest BCUT2D eigenvalue weighted by molar-refractivity contribution is 5.92. The van der Waals surface area contributed by atoms with Crippen LogP contribution in [-0.2, 0) is 11.2 Å². The molecule has 0 bridgehead atoms. The van der Waals surface area contributed by atoms with Crippen LogP contribution in [0.25, 0.3) is 5.69 Å². The van der Waals surface area contributed by atoms with E-state index in [0.717, 1.165) is 16.9 Å². The third-order valence-electron chi connectivity index (χ3n) is 3.25. The van der Waals surface area contributed by atoms with Crippen LogP contribution in [0.15, 0.2) is 67.3 Å². The van der Waals surface area contributed by atoms with Crippen molar-refractivity contribution in [2.75, 3.05) is 5.32 Å². The number of nitrogens with zero attached hydrogens (tertiary/aromatic N) is 2. The van der Waals surface area contributed by atoms with Crippen LogP contribution in [0.5, 0.6) is 5.75 Å². The fraction of sp³-hybridized carbons (Fsp3) is 0.0588. The Bertz CT molecular complexity index is 748. The van der Waals surface area contributed by atoms with Crippen molar-refractivity contribution in [3.05, 3.63) is 72.8 Å². The van der Waals surface area contributed by atoms with E-state index in [9.17, 15) is 9.90 Å². The largest absolute Gasteiger partial charge is 0.508 e. The number of amides is 1. The summed E-state index contributed by atoms with van der Waals surface area (Å²) in [6, 6.07) is 14.1. The molecule has 0 aliphatic heterocycles. The number of aromatic nitrogens is 2. The molecule has 1 aromatic heterocycles. The number of benzene rings is 2. The summed E-state index contributed by atoms with van der Waals surface area (Å²) in [5.74, 6) is 0.0975. The van der Waals surface area contributed by atoms with Crippen molar-refractivity contribution >= 4 is 11.6 Å². The van der Waals surface area contributed by atoms with Gasteiger partial charge in [0.15, 0.2) is 0 Å². The van der Waals surface area contributed by atoms with Crippen LogP contribution in [0, 0.1) is 0 Å². The zero-order valence-electron chi connectivity index (χ0n) is 11.8. The van der Waals surface area contributed by atoms with Crippen molar-refractivity contribution in [1.29, 1.82) is 0 Å². The molecular weight excluding hydrogens is 278 g/mol. The minimum Gasteiger partial charge on any atom is -0.508 e. The number of carbonyl (C=O) groups is 1. The zero-order valence-corrected chi connectivity index (χ0v) is 11.8. The van der Waals surface area contributed by atoms with Crippen molar-refractivity contribution in [2.45, 2.75) is 6.42 Å². The first-order valence-corrected chi connectivity index (χ1v) is 6.87. The number of hydrogen-bond donors (Lipinski definition) is 2. The summed E-state index contributed by atoms with van der Waals surface area (Å²) in [6.07, 6.45) is 5.56. The molecule has 3 rings (SSSR count). The Morgan fingerprint density at radius 1 is 1.09 bits per heavy atom. The van der Waals surface area contributed by atoms with Gasteiger partial charge < -0.3 is 15.0 Å². The van der Waals surface area contributed by atoms with Crippen LogP contribution >= 0.6 is 0 Å². The normalized spacial score (nSPS) is 10.4. The molecule has 0 fully saturated rings. The maximum absolute atomic E-state index is 12.0. The number of carbonyl (C=O) groups excluding carboxylic acids is 1. The highest BCUT2D eigenvalue weighted by Gasteiger charge is 2.04. The lowest BCUT2D eigenvalue weighted by Crippen LogP contribution is -2.14. The third-order valence-corrected chi connectivity index (χ3v) is 3.25. The second-order valence-corrected chi connectivity index (χ2v) is 4.91. The molecule has 2 N–H and O–H groups in total. The first-order valence-electron chi connectivity index (χ1n) is 6.87. The molecule has 0 saturated heterocycles. The molecule has 110 valence electrons.